The molecule has 0 aliphatic carbocycles. The summed E-state index contributed by atoms with van der Waals surface area (Å²) in [6.07, 6.45) is 5.82. The van der Waals surface area contributed by atoms with Crippen molar-refractivity contribution in [3.05, 3.63) is 29.8 Å². The molecule has 5 nitrogen and oxygen atoms in total. The Balaban J connectivity index is 1.88. The highest BCUT2D eigenvalue weighted by Gasteiger charge is 2.25. The van der Waals surface area contributed by atoms with Gasteiger partial charge in [0.2, 0.25) is 0 Å². The van der Waals surface area contributed by atoms with Gasteiger partial charge < -0.3 is 19.5 Å². The van der Waals surface area contributed by atoms with E-state index in [0.29, 0.717) is 24.8 Å². The van der Waals surface area contributed by atoms with E-state index in [0.717, 1.165) is 18.4 Å². The number of amides is 1. The average Bonchev–Trinajstić information content (AvgIpc) is 2.53. The molecule has 132 valence electrons. The maximum atomic E-state index is 12.1. The fourth-order valence-corrected chi connectivity index (χ4v) is 2.65. The lowest BCUT2D eigenvalue weighted by atomic mass is 9.96. The van der Waals surface area contributed by atoms with Gasteiger partial charge in [0.25, 0.3) is 0 Å². The van der Waals surface area contributed by atoms with E-state index in [1.54, 1.807) is 11.0 Å². The summed E-state index contributed by atoms with van der Waals surface area (Å²) in [6.45, 7) is 7.07. The number of hydrogen-bond acceptors (Lipinski definition) is 4. The van der Waals surface area contributed by atoms with Crippen LogP contribution in [-0.2, 0) is 4.74 Å². The number of nitrogens with zero attached hydrogens (tertiary/aromatic N) is 1. The lowest BCUT2D eigenvalue weighted by Gasteiger charge is -2.32. The first-order chi connectivity index (χ1) is 11.3. The minimum absolute atomic E-state index is 0.139. The van der Waals surface area contributed by atoms with Gasteiger partial charge in [0.15, 0.2) is 11.5 Å². The number of aromatic hydroxyl groups is 1. The van der Waals surface area contributed by atoms with Crippen molar-refractivity contribution in [2.75, 3.05) is 20.2 Å². The molecule has 0 aromatic heterocycles. The van der Waals surface area contributed by atoms with E-state index in [4.69, 9.17) is 9.47 Å². The summed E-state index contributed by atoms with van der Waals surface area (Å²) in [6, 6.07) is 5.29. The maximum absolute atomic E-state index is 12.1. The third-order valence-electron chi connectivity index (χ3n) is 3.96. The van der Waals surface area contributed by atoms with Crippen molar-refractivity contribution in [1.82, 2.24) is 4.90 Å². The number of likely N-dealkylation sites (tertiary alicyclic amines) is 1. The van der Waals surface area contributed by atoms with E-state index < -0.39 is 5.60 Å². The van der Waals surface area contributed by atoms with Crippen LogP contribution in [0.2, 0.25) is 0 Å². The molecule has 1 N–H and O–H groups in total. The number of benzene rings is 1. The molecule has 1 aliphatic heterocycles. The molecule has 1 heterocycles. The summed E-state index contributed by atoms with van der Waals surface area (Å²) in [5, 5.41) is 9.62. The highest BCUT2D eigenvalue weighted by atomic mass is 16.6. The summed E-state index contributed by atoms with van der Waals surface area (Å²) in [5.41, 5.74) is 0.533. The van der Waals surface area contributed by atoms with Crippen LogP contribution in [0.1, 0.15) is 39.2 Å². The fraction of sp³-hybridized carbons (Fsp3) is 0.526. The summed E-state index contributed by atoms with van der Waals surface area (Å²) in [7, 11) is 1.54. The van der Waals surface area contributed by atoms with Crippen LogP contribution in [0, 0.1) is 5.92 Å². The van der Waals surface area contributed by atoms with Crippen molar-refractivity contribution in [2.45, 2.75) is 39.2 Å². The second kappa shape index (κ2) is 7.60. The first kappa shape index (κ1) is 18.2. The molecule has 0 spiro atoms. The Morgan fingerprint density at radius 2 is 1.96 bits per heavy atom. The summed E-state index contributed by atoms with van der Waals surface area (Å²) < 4.78 is 10.5. The van der Waals surface area contributed by atoms with Gasteiger partial charge in [0, 0.05) is 13.1 Å². The molecule has 1 aliphatic rings. The van der Waals surface area contributed by atoms with E-state index in [1.165, 1.54) is 7.11 Å². The van der Waals surface area contributed by atoms with Gasteiger partial charge in [-0.25, -0.2) is 4.79 Å². The largest absolute Gasteiger partial charge is 0.504 e. The number of ether oxygens (including phenoxy) is 2. The molecule has 2 rings (SSSR count). The van der Waals surface area contributed by atoms with Gasteiger partial charge in [-0.05, 0) is 57.2 Å². The van der Waals surface area contributed by atoms with E-state index in [-0.39, 0.29) is 11.8 Å². The van der Waals surface area contributed by atoms with Gasteiger partial charge in [-0.3, -0.25) is 0 Å². The first-order valence-corrected chi connectivity index (χ1v) is 8.31. The summed E-state index contributed by atoms with van der Waals surface area (Å²) in [4.78, 5) is 13.8. The molecule has 24 heavy (non-hydrogen) atoms. The smallest absolute Gasteiger partial charge is 0.410 e. The normalized spacial score (nSPS) is 16.4. The second-order valence-electron chi connectivity index (χ2n) is 7.10. The number of phenols is 1. The van der Waals surface area contributed by atoms with Crippen molar-refractivity contribution >= 4 is 12.2 Å². The lowest BCUT2D eigenvalue weighted by molar-refractivity contribution is 0.0197. The number of piperidine rings is 1. The number of phenolic OH excluding ortho intramolecular Hbond substituents is 1. The molecule has 0 atom stereocenters. The number of carbonyl (C=O) groups excluding carboxylic acids is 1. The van der Waals surface area contributed by atoms with E-state index in [9.17, 15) is 9.90 Å². The Morgan fingerprint density at radius 3 is 2.54 bits per heavy atom. The number of methoxy groups -OCH3 is 1. The molecule has 5 heteroatoms. The van der Waals surface area contributed by atoms with Crippen molar-refractivity contribution < 1.29 is 19.4 Å². The third kappa shape index (κ3) is 5.18. The molecule has 0 unspecified atom stereocenters. The molecule has 0 saturated carbocycles. The van der Waals surface area contributed by atoms with E-state index in [2.05, 4.69) is 6.08 Å². The van der Waals surface area contributed by atoms with Crippen LogP contribution in [0.15, 0.2) is 24.3 Å². The van der Waals surface area contributed by atoms with Gasteiger partial charge in [-0.15, -0.1) is 0 Å². The van der Waals surface area contributed by atoms with Crippen LogP contribution in [0.4, 0.5) is 4.79 Å². The van der Waals surface area contributed by atoms with E-state index >= 15 is 0 Å². The Bertz CT molecular complexity index is 596. The monoisotopic (exact) mass is 333 g/mol. The molecule has 1 aromatic carbocycles. The van der Waals surface area contributed by atoms with Crippen molar-refractivity contribution in [2.24, 2.45) is 5.92 Å². The Kier molecular flexibility index (Phi) is 5.75. The Hall–Kier alpha value is -2.17. The van der Waals surface area contributed by atoms with Gasteiger partial charge in [0.05, 0.1) is 7.11 Å². The Morgan fingerprint density at radius 1 is 1.29 bits per heavy atom. The number of rotatable bonds is 3. The summed E-state index contributed by atoms with van der Waals surface area (Å²) in [5.74, 6) is 1.04. The number of carbonyl (C=O) groups is 1. The van der Waals surface area contributed by atoms with Crippen LogP contribution in [-0.4, -0.2) is 41.9 Å². The lowest BCUT2D eigenvalue weighted by Crippen LogP contribution is -2.41. The zero-order valence-electron chi connectivity index (χ0n) is 14.9. The minimum Gasteiger partial charge on any atom is -0.504 e. The standard InChI is InChI=1S/C19H27NO4/c1-19(2,3)24-18(22)20-11-9-14(10-12-20)5-6-15-7-8-16(21)17(13-15)23-4/h5-8,13-14,21H,9-12H2,1-4H3/b6-5+. The summed E-state index contributed by atoms with van der Waals surface area (Å²) >= 11 is 0. The second-order valence-corrected chi connectivity index (χ2v) is 7.10. The minimum atomic E-state index is -0.453. The van der Waals surface area contributed by atoms with Crippen molar-refractivity contribution in [1.29, 1.82) is 0 Å². The first-order valence-electron chi connectivity index (χ1n) is 8.31. The number of allylic oxidation sites excluding steroid dienone is 1. The average molecular weight is 333 g/mol. The van der Waals surface area contributed by atoms with Gasteiger partial charge >= 0.3 is 6.09 Å². The predicted molar refractivity (Wildman–Crippen MR) is 94.2 cm³/mol. The van der Waals surface area contributed by atoms with Gasteiger partial charge in [0.1, 0.15) is 5.60 Å². The molecule has 0 bridgehead atoms. The van der Waals surface area contributed by atoms with Crippen molar-refractivity contribution in [3.8, 4) is 11.5 Å². The van der Waals surface area contributed by atoms with Crippen molar-refractivity contribution in [3.63, 3.8) is 0 Å². The Labute approximate surface area is 143 Å². The molecule has 1 saturated heterocycles. The zero-order valence-corrected chi connectivity index (χ0v) is 14.9. The van der Waals surface area contributed by atoms with Crippen LogP contribution in [0.5, 0.6) is 11.5 Å². The van der Waals surface area contributed by atoms with E-state index in [1.807, 2.05) is 39.0 Å². The maximum Gasteiger partial charge on any atom is 0.410 e. The predicted octanol–water partition coefficient (Wildman–Crippen LogP) is 4.06. The van der Waals surface area contributed by atoms with Gasteiger partial charge in [-0.1, -0.05) is 18.2 Å². The molecule has 1 aromatic rings. The SMILES string of the molecule is COc1cc(/C=C/C2CCN(C(=O)OC(C)(C)C)CC2)ccc1O. The zero-order chi connectivity index (χ0) is 17.7. The number of hydrogen-bond donors (Lipinski definition) is 1. The highest BCUT2D eigenvalue weighted by Crippen LogP contribution is 2.27. The molecule has 1 amide bonds. The molecular weight excluding hydrogens is 306 g/mol. The fourth-order valence-electron chi connectivity index (χ4n) is 2.65. The molecule has 1 fully saturated rings. The van der Waals surface area contributed by atoms with Crippen LogP contribution in [0.3, 0.4) is 0 Å². The quantitative estimate of drug-likeness (QED) is 0.906. The van der Waals surface area contributed by atoms with Crippen LogP contribution in [0.25, 0.3) is 6.08 Å². The molecule has 0 radical (unpaired) electrons. The third-order valence-corrected chi connectivity index (χ3v) is 3.96. The van der Waals surface area contributed by atoms with Gasteiger partial charge in [-0.2, -0.15) is 0 Å². The van der Waals surface area contributed by atoms with Crippen LogP contribution >= 0.6 is 0 Å². The highest BCUT2D eigenvalue weighted by molar-refractivity contribution is 5.68. The van der Waals surface area contributed by atoms with Crippen LogP contribution < -0.4 is 4.74 Å². The topological polar surface area (TPSA) is 59.0 Å². The molecular formula is C19H27NO4.